The van der Waals surface area contributed by atoms with Gasteiger partial charge in [-0.05, 0) is 44.0 Å². The Hall–Kier alpha value is -1.56. The number of rotatable bonds is 3. The average Bonchev–Trinajstić information content (AvgIpc) is 2.32. The van der Waals surface area contributed by atoms with Crippen molar-refractivity contribution in [2.75, 3.05) is 12.4 Å². The van der Waals surface area contributed by atoms with Gasteiger partial charge in [-0.1, -0.05) is 15.9 Å². The molecule has 0 radical (unpaired) electrons. The number of aryl methyl sites for hydroxylation is 2. The summed E-state index contributed by atoms with van der Waals surface area (Å²) in [5.74, 6) is -0.374. The Balaban J connectivity index is 2.80. The van der Waals surface area contributed by atoms with Crippen molar-refractivity contribution in [1.29, 1.82) is 0 Å². The topological polar surface area (TPSA) is 70.2 Å². The molecule has 19 heavy (non-hydrogen) atoms. The molecule has 0 heterocycles. The number of benzene rings is 1. The third-order valence-electron chi connectivity index (χ3n) is 2.72. The first-order chi connectivity index (χ1) is 8.85. The fourth-order valence-corrected chi connectivity index (χ4v) is 2.39. The summed E-state index contributed by atoms with van der Waals surface area (Å²) in [5, 5.41) is 7.70. The fourth-order valence-electron chi connectivity index (χ4n) is 1.70. The summed E-state index contributed by atoms with van der Waals surface area (Å²) in [4.78, 5) is 22.8. The molecule has 5 nitrogen and oxygen atoms in total. The van der Waals surface area contributed by atoms with Gasteiger partial charge < -0.3 is 10.6 Å². The van der Waals surface area contributed by atoms with E-state index >= 15 is 0 Å². The lowest BCUT2D eigenvalue weighted by Crippen LogP contribution is -2.44. The molecular weight excluding hydrogens is 310 g/mol. The Kier molecular flexibility index (Phi) is 5.35. The molecule has 1 rings (SSSR count). The minimum Gasteiger partial charge on any atom is -0.373 e. The summed E-state index contributed by atoms with van der Waals surface area (Å²) in [6, 6.07) is 2.93. The number of nitrogens with one attached hydrogen (secondary N) is 3. The number of carbonyl (C=O) groups is 2. The summed E-state index contributed by atoms with van der Waals surface area (Å²) < 4.78 is 0.996. The van der Waals surface area contributed by atoms with E-state index in [2.05, 4.69) is 31.9 Å². The average molecular weight is 328 g/mol. The predicted octanol–water partition coefficient (Wildman–Crippen LogP) is 2.32. The van der Waals surface area contributed by atoms with Crippen LogP contribution in [0.15, 0.2) is 16.6 Å². The normalized spacial score (nSPS) is 11.6. The molecule has 1 aromatic rings. The zero-order valence-electron chi connectivity index (χ0n) is 11.4. The van der Waals surface area contributed by atoms with Crippen molar-refractivity contribution in [2.24, 2.45) is 0 Å². The molecule has 0 bridgehead atoms. The minimum absolute atomic E-state index is 0.374. The Bertz CT molecular complexity index is 480. The van der Waals surface area contributed by atoms with Gasteiger partial charge in [-0.2, -0.15) is 0 Å². The smallest absolute Gasteiger partial charge is 0.321 e. The van der Waals surface area contributed by atoms with Crippen LogP contribution in [-0.4, -0.2) is 25.0 Å². The van der Waals surface area contributed by atoms with Crippen LogP contribution in [0.25, 0.3) is 0 Å². The molecule has 0 saturated heterocycles. The van der Waals surface area contributed by atoms with E-state index in [-0.39, 0.29) is 5.91 Å². The van der Waals surface area contributed by atoms with Gasteiger partial charge in [0.1, 0.15) is 6.04 Å². The monoisotopic (exact) mass is 327 g/mol. The summed E-state index contributed by atoms with van der Waals surface area (Å²) in [7, 11) is 1.46. The number of anilines is 1. The molecule has 104 valence electrons. The second kappa shape index (κ2) is 6.56. The standard InChI is InChI=1S/C13H18BrN3O2/c1-7-5-10(14)6-8(2)11(7)16-9(3)12(18)17-13(19)15-4/h5-6,9,16H,1-4H3,(H2,15,17,18,19). The van der Waals surface area contributed by atoms with Crippen molar-refractivity contribution >= 4 is 33.6 Å². The van der Waals surface area contributed by atoms with E-state index in [1.54, 1.807) is 6.92 Å². The summed E-state index contributed by atoms with van der Waals surface area (Å²) in [6.45, 7) is 5.63. The van der Waals surface area contributed by atoms with E-state index in [1.165, 1.54) is 7.05 Å². The highest BCUT2D eigenvalue weighted by molar-refractivity contribution is 9.10. The predicted molar refractivity (Wildman–Crippen MR) is 79.3 cm³/mol. The minimum atomic E-state index is -0.511. The molecule has 1 unspecified atom stereocenters. The van der Waals surface area contributed by atoms with E-state index in [4.69, 9.17) is 0 Å². The number of carbonyl (C=O) groups excluding carboxylic acids is 2. The number of imide groups is 1. The number of amides is 3. The lowest BCUT2D eigenvalue weighted by molar-refractivity contribution is -0.120. The summed E-state index contributed by atoms with van der Waals surface area (Å²) in [5.41, 5.74) is 2.97. The van der Waals surface area contributed by atoms with Crippen molar-refractivity contribution in [3.05, 3.63) is 27.7 Å². The lowest BCUT2D eigenvalue weighted by atomic mass is 10.1. The maximum Gasteiger partial charge on any atom is 0.321 e. The molecule has 3 amide bonds. The molecule has 0 fully saturated rings. The number of urea groups is 1. The van der Waals surface area contributed by atoms with Crippen LogP contribution >= 0.6 is 15.9 Å². The van der Waals surface area contributed by atoms with Crippen LogP contribution in [-0.2, 0) is 4.79 Å². The van der Waals surface area contributed by atoms with E-state index < -0.39 is 12.1 Å². The third kappa shape index (κ3) is 4.24. The first-order valence-corrected chi connectivity index (χ1v) is 6.70. The number of hydrogen-bond acceptors (Lipinski definition) is 3. The van der Waals surface area contributed by atoms with Crippen molar-refractivity contribution in [3.63, 3.8) is 0 Å². The lowest BCUT2D eigenvalue weighted by Gasteiger charge is -2.18. The SMILES string of the molecule is CNC(=O)NC(=O)C(C)Nc1c(C)cc(Br)cc1C. The molecule has 3 N–H and O–H groups in total. The second-order valence-electron chi connectivity index (χ2n) is 4.35. The molecule has 6 heteroatoms. The van der Waals surface area contributed by atoms with Gasteiger partial charge in [-0.3, -0.25) is 10.1 Å². The van der Waals surface area contributed by atoms with Crippen molar-refractivity contribution < 1.29 is 9.59 Å². The van der Waals surface area contributed by atoms with Gasteiger partial charge in [-0.25, -0.2) is 4.79 Å². The molecule has 1 atom stereocenters. The van der Waals surface area contributed by atoms with E-state index in [9.17, 15) is 9.59 Å². The maximum atomic E-state index is 11.8. The Morgan fingerprint density at radius 2 is 1.74 bits per heavy atom. The zero-order chi connectivity index (χ0) is 14.6. The van der Waals surface area contributed by atoms with Gasteiger partial charge in [0, 0.05) is 17.2 Å². The van der Waals surface area contributed by atoms with Gasteiger partial charge in [0.05, 0.1) is 0 Å². The Labute approximate surface area is 121 Å². The van der Waals surface area contributed by atoms with Crippen molar-refractivity contribution in [2.45, 2.75) is 26.8 Å². The molecule has 0 aliphatic heterocycles. The molecule has 0 spiro atoms. The van der Waals surface area contributed by atoms with Crippen LogP contribution in [0.5, 0.6) is 0 Å². The second-order valence-corrected chi connectivity index (χ2v) is 5.26. The largest absolute Gasteiger partial charge is 0.373 e. The summed E-state index contributed by atoms with van der Waals surface area (Å²) >= 11 is 3.42. The van der Waals surface area contributed by atoms with Gasteiger partial charge in [0.15, 0.2) is 0 Å². The van der Waals surface area contributed by atoms with Crippen molar-refractivity contribution in [3.8, 4) is 0 Å². The van der Waals surface area contributed by atoms with Gasteiger partial charge in [-0.15, -0.1) is 0 Å². The number of hydrogen-bond donors (Lipinski definition) is 3. The quantitative estimate of drug-likeness (QED) is 0.797. The Morgan fingerprint density at radius 3 is 2.21 bits per heavy atom. The van der Waals surface area contributed by atoms with Crippen LogP contribution in [0, 0.1) is 13.8 Å². The van der Waals surface area contributed by atoms with E-state index in [0.29, 0.717) is 0 Å². The summed E-state index contributed by atoms with van der Waals surface area (Å²) in [6.07, 6.45) is 0. The van der Waals surface area contributed by atoms with Crippen LogP contribution in [0.1, 0.15) is 18.1 Å². The zero-order valence-corrected chi connectivity index (χ0v) is 13.0. The maximum absolute atomic E-state index is 11.8. The first kappa shape index (κ1) is 15.5. The van der Waals surface area contributed by atoms with Gasteiger partial charge >= 0.3 is 6.03 Å². The van der Waals surface area contributed by atoms with Crippen LogP contribution < -0.4 is 16.0 Å². The Morgan fingerprint density at radius 1 is 1.21 bits per heavy atom. The molecule has 0 aliphatic carbocycles. The molecule has 0 aliphatic rings. The number of halogens is 1. The third-order valence-corrected chi connectivity index (χ3v) is 3.17. The fraction of sp³-hybridized carbons (Fsp3) is 0.385. The van der Waals surface area contributed by atoms with E-state index in [0.717, 1.165) is 21.3 Å². The molecular formula is C13H18BrN3O2. The highest BCUT2D eigenvalue weighted by atomic mass is 79.9. The van der Waals surface area contributed by atoms with Gasteiger partial charge in [0.25, 0.3) is 0 Å². The highest BCUT2D eigenvalue weighted by Gasteiger charge is 2.16. The van der Waals surface area contributed by atoms with Crippen LogP contribution in [0.3, 0.4) is 0 Å². The van der Waals surface area contributed by atoms with Crippen LogP contribution in [0.2, 0.25) is 0 Å². The molecule has 0 saturated carbocycles. The molecule has 1 aromatic carbocycles. The van der Waals surface area contributed by atoms with E-state index in [1.807, 2.05) is 26.0 Å². The van der Waals surface area contributed by atoms with Gasteiger partial charge in [0.2, 0.25) is 5.91 Å². The highest BCUT2D eigenvalue weighted by Crippen LogP contribution is 2.25. The molecule has 0 aromatic heterocycles. The first-order valence-electron chi connectivity index (χ1n) is 5.91. The van der Waals surface area contributed by atoms with Crippen LogP contribution in [0.4, 0.5) is 10.5 Å². The van der Waals surface area contributed by atoms with Crippen molar-refractivity contribution in [1.82, 2.24) is 10.6 Å².